The maximum Gasteiger partial charge on any atom is 0.336 e. The van der Waals surface area contributed by atoms with Crippen LogP contribution in [0.15, 0.2) is 36.4 Å². The fourth-order valence-electron chi connectivity index (χ4n) is 2.00. The van der Waals surface area contributed by atoms with Gasteiger partial charge in [-0.1, -0.05) is 18.2 Å². The van der Waals surface area contributed by atoms with Crippen molar-refractivity contribution in [1.82, 2.24) is 0 Å². The van der Waals surface area contributed by atoms with Gasteiger partial charge in [0.15, 0.2) is 0 Å². The molecule has 0 atom stereocenters. The van der Waals surface area contributed by atoms with Gasteiger partial charge in [-0.25, -0.2) is 4.79 Å². The Hall–Kier alpha value is -2.89. The Bertz CT molecular complexity index is 726. The summed E-state index contributed by atoms with van der Waals surface area (Å²) in [6, 6.07) is 9.91. The first-order chi connectivity index (χ1) is 9.90. The number of aromatic carboxylic acids is 1. The van der Waals surface area contributed by atoms with Crippen LogP contribution in [0.25, 0.3) is 0 Å². The second-order valence-corrected chi connectivity index (χ2v) is 4.67. The fraction of sp³-hybridized carbons (Fsp3) is 0.133. The highest BCUT2D eigenvalue weighted by Crippen LogP contribution is 2.31. The summed E-state index contributed by atoms with van der Waals surface area (Å²) in [4.78, 5) is 21.6. The molecule has 0 aliphatic rings. The van der Waals surface area contributed by atoms with E-state index in [0.29, 0.717) is 11.3 Å². The van der Waals surface area contributed by atoms with Gasteiger partial charge in [-0.2, -0.15) is 0 Å². The SMILES string of the molecule is Cc1ccccc1Nc1cc(C(=O)O)cc([N+](=O)[O-])c1C. The van der Waals surface area contributed by atoms with Crippen LogP contribution < -0.4 is 5.32 Å². The van der Waals surface area contributed by atoms with Crippen molar-refractivity contribution >= 4 is 23.0 Å². The number of aryl methyl sites for hydroxylation is 1. The summed E-state index contributed by atoms with van der Waals surface area (Å²) in [5.41, 5.74) is 2.20. The van der Waals surface area contributed by atoms with Gasteiger partial charge in [-0.05, 0) is 31.5 Å². The maximum atomic E-state index is 11.1. The molecule has 2 aromatic rings. The van der Waals surface area contributed by atoms with E-state index in [1.165, 1.54) is 6.07 Å². The molecule has 0 unspecified atom stereocenters. The number of para-hydroxylation sites is 1. The number of nitrogens with zero attached hydrogens (tertiary/aromatic N) is 1. The van der Waals surface area contributed by atoms with Crippen LogP contribution in [-0.4, -0.2) is 16.0 Å². The number of carboxylic acid groups (broad SMARTS) is 1. The Morgan fingerprint density at radius 1 is 1.19 bits per heavy atom. The molecule has 0 spiro atoms. The lowest BCUT2D eigenvalue weighted by Crippen LogP contribution is -2.04. The third-order valence-corrected chi connectivity index (χ3v) is 3.24. The molecule has 0 saturated carbocycles. The van der Waals surface area contributed by atoms with Crippen LogP contribution in [-0.2, 0) is 0 Å². The van der Waals surface area contributed by atoms with Crippen molar-refractivity contribution in [3.8, 4) is 0 Å². The lowest BCUT2D eigenvalue weighted by Gasteiger charge is -2.13. The number of benzene rings is 2. The van der Waals surface area contributed by atoms with Gasteiger partial charge in [0.25, 0.3) is 5.69 Å². The quantitative estimate of drug-likeness (QED) is 0.661. The summed E-state index contributed by atoms with van der Waals surface area (Å²) in [6.45, 7) is 3.48. The third-order valence-electron chi connectivity index (χ3n) is 3.24. The monoisotopic (exact) mass is 286 g/mol. The number of nitro groups is 1. The molecule has 2 N–H and O–H groups in total. The predicted octanol–water partition coefficient (Wildman–Crippen LogP) is 3.65. The Labute approximate surface area is 121 Å². The molecule has 0 fully saturated rings. The first kappa shape index (κ1) is 14.5. The van der Waals surface area contributed by atoms with Gasteiger partial charge in [-0.3, -0.25) is 10.1 Å². The molecule has 2 rings (SSSR count). The number of anilines is 2. The van der Waals surface area contributed by atoms with Crippen molar-refractivity contribution in [3.63, 3.8) is 0 Å². The first-order valence-corrected chi connectivity index (χ1v) is 6.25. The molecule has 0 bridgehead atoms. The molecule has 0 radical (unpaired) electrons. The number of carboxylic acids is 1. The molecular formula is C15H14N2O4. The van der Waals surface area contributed by atoms with Crippen LogP contribution in [0.3, 0.4) is 0 Å². The van der Waals surface area contributed by atoms with Gasteiger partial charge in [0.2, 0.25) is 0 Å². The van der Waals surface area contributed by atoms with Crippen LogP contribution in [0.5, 0.6) is 0 Å². The van der Waals surface area contributed by atoms with Crippen molar-refractivity contribution in [2.75, 3.05) is 5.32 Å². The number of hydrogen-bond donors (Lipinski definition) is 2. The molecule has 0 aliphatic carbocycles. The van der Waals surface area contributed by atoms with Gasteiger partial charge in [-0.15, -0.1) is 0 Å². The lowest BCUT2D eigenvalue weighted by atomic mass is 10.1. The minimum absolute atomic E-state index is 0.122. The number of carbonyl (C=O) groups is 1. The molecule has 21 heavy (non-hydrogen) atoms. The summed E-state index contributed by atoms with van der Waals surface area (Å²) in [6.07, 6.45) is 0. The molecule has 0 aliphatic heterocycles. The minimum Gasteiger partial charge on any atom is -0.478 e. The van der Waals surface area contributed by atoms with Crippen molar-refractivity contribution in [3.05, 3.63) is 63.2 Å². The number of nitrogens with one attached hydrogen (secondary N) is 1. The smallest absolute Gasteiger partial charge is 0.336 e. The second kappa shape index (κ2) is 5.62. The zero-order chi connectivity index (χ0) is 15.6. The molecule has 6 heteroatoms. The van der Waals surface area contributed by atoms with Crippen molar-refractivity contribution in [1.29, 1.82) is 0 Å². The van der Waals surface area contributed by atoms with E-state index in [4.69, 9.17) is 5.11 Å². The molecular weight excluding hydrogens is 272 g/mol. The maximum absolute atomic E-state index is 11.1. The van der Waals surface area contributed by atoms with Gasteiger partial charge in [0.05, 0.1) is 16.1 Å². The summed E-state index contributed by atoms with van der Waals surface area (Å²) in [7, 11) is 0. The molecule has 6 nitrogen and oxygen atoms in total. The number of hydrogen-bond acceptors (Lipinski definition) is 4. The van der Waals surface area contributed by atoms with Gasteiger partial charge >= 0.3 is 5.97 Å². The Balaban J connectivity index is 2.55. The van der Waals surface area contributed by atoms with E-state index in [0.717, 1.165) is 17.3 Å². The van der Waals surface area contributed by atoms with E-state index in [1.807, 2.05) is 31.2 Å². The number of rotatable bonds is 4. The molecule has 108 valence electrons. The minimum atomic E-state index is -1.20. The third kappa shape index (κ3) is 3.00. The van der Waals surface area contributed by atoms with E-state index in [-0.39, 0.29) is 11.3 Å². The average Bonchev–Trinajstić information content (AvgIpc) is 2.42. The van der Waals surface area contributed by atoms with Crippen LogP contribution in [0.4, 0.5) is 17.1 Å². The van der Waals surface area contributed by atoms with Crippen LogP contribution >= 0.6 is 0 Å². The van der Waals surface area contributed by atoms with Crippen molar-refractivity contribution < 1.29 is 14.8 Å². The Morgan fingerprint density at radius 3 is 2.43 bits per heavy atom. The molecule has 0 heterocycles. The first-order valence-electron chi connectivity index (χ1n) is 6.25. The zero-order valence-electron chi connectivity index (χ0n) is 11.6. The Kier molecular flexibility index (Phi) is 3.89. The summed E-state index contributed by atoms with van der Waals surface area (Å²) in [5, 5.41) is 23.2. The number of nitro benzene ring substituents is 1. The van der Waals surface area contributed by atoms with Crippen molar-refractivity contribution in [2.45, 2.75) is 13.8 Å². The largest absolute Gasteiger partial charge is 0.478 e. The van der Waals surface area contributed by atoms with E-state index in [2.05, 4.69) is 5.32 Å². The van der Waals surface area contributed by atoms with Crippen LogP contribution in [0.1, 0.15) is 21.5 Å². The van der Waals surface area contributed by atoms with E-state index < -0.39 is 10.9 Å². The topological polar surface area (TPSA) is 92.5 Å². The van der Waals surface area contributed by atoms with E-state index in [1.54, 1.807) is 6.92 Å². The van der Waals surface area contributed by atoms with Gasteiger partial charge in [0, 0.05) is 17.4 Å². The molecule has 2 aromatic carbocycles. The molecule has 0 saturated heterocycles. The normalized spacial score (nSPS) is 10.2. The van der Waals surface area contributed by atoms with Crippen molar-refractivity contribution in [2.24, 2.45) is 0 Å². The zero-order valence-corrected chi connectivity index (χ0v) is 11.6. The highest BCUT2D eigenvalue weighted by molar-refractivity contribution is 5.91. The fourth-order valence-corrected chi connectivity index (χ4v) is 2.00. The molecule has 0 aromatic heterocycles. The lowest BCUT2D eigenvalue weighted by molar-refractivity contribution is -0.385. The average molecular weight is 286 g/mol. The summed E-state index contributed by atoms with van der Waals surface area (Å²) < 4.78 is 0. The predicted molar refractivity (Wildman–Crippen MR) is 79.3 cm³/mol. The highest BCUT2D eigenvalue weighted by atomic mass is 16.6. The standard InChI is InChI=1S/C15H14N2O4/c1-9-5-3-4-6-12(9)16-13-7-11(15(18)19)8-14(10(13)2)17(20)21/h3-8,16H,1-2H3,(H,18,19). The van der Waals surface area contributed by atoms with Gasteiger partial charge < -0.3 is 10.4 Å². The second-order valence-electron chi connectivity index (χ2n) is 4.67. The van der Waals surface area contributed by atoms with Crippen LogP contribution in [0, 0.1) is 24.0 Å². The molecule has 0 amide bonds. The Morgan fingerprint density at radius 2 is 1.86 bits per heavy atom. The van der Waals surface area contributed by atoms with E-state index in [9.17, 15) is 14.9 Å². The van der Waals surface area contributed by atoms with Gasteiger partial charge in [0.1, 0.15) is 0 Å². The van der Waals surface area contributed by atoms with Crippen LogP contribution in [0.2, 0.25) is 0 Å². The highest BCUT2D eigenvalue weighted by Gasteiger charge is 2.19. The van der Waals surface area contributed by atoms with E-state index >= 15 is 0 Å². The summed E-state index contributed by atoms with van der Waals surface area (Å²) in [5.74, 6) is -1.20. The summed E-state index contributed by atoms with van der Waals surface area (Å²) >= 11 is 0.